The number of hydrogen-bond acceptors (Lipinski definition) is 4. The van der Waals surface area contributed by atoms with Crippen LogP contribution in [-0.4, -0.2) is 35.9 Å². The lowest BCUT2D eigenvalue weighted by Crippen LogP contribution is -2.32. The van der Waals surface area contributed by atoms with E-state index in [9.17, 15) is 4.79 Å². The van der Waals surface area contributed by atoms with Gasteiger partial charge in [0.2, 0.25) is 0 Å². The first-order chi connectivity index (χ1) is 11.2. The molecule has 2 heterocycles. The van der Waals surface area contributed by atoms with Crippen molar-refractivity contribution in [3.05, 3.63) is 40.6 Å². The molecule has 1 aromatic carbocycles. The molecule has 0 saturated carbocycles. The summed E-state index contributed by atoms with van der Waals surface area (Å²) in [4.78, 5) is 12.4. The third kappa shape index (κ3) is 3.73. The van der Waals surface area contributed by atoms with Crippen LogP contribution in [0, 0.1) is 0 Å². The zero-order valence-corrected chi connectivity index (χ0v) is 14.5. The van der Waals surface area contributed by atoms with Gasteiger partial charge in [0.05, 0.1) is 18.8 Å². The van der Waals surface area contributed by atoms with Gasteiger partial charge in [0.15, 0.2) is 5.69 Å². The van der Waals surface area contributed by atoms with Gasteiger partial charge in [-0.15, -0.1) is 0 Å². The van der Waals surface area contributed by atoms with Crippen molar-refractivity contribution in [3.8, 4) is 5.75 Å². The molecule has 1 aromatic heterocycles. The minimum Gasteiger partial charge on any atom is -0.495 e. The standard InChI is InChI=1S/C16H19BrN4O2/c1-23-15-5-4-11(17)9-14(15)19-16(22)13-6-8-21(20-13)12-3-2-7-18-10-12/h4-6,8-9,12,18H,2-3,7,10H2,1H3,(H,19,22). The molecule has 1 unspecified atom stereocenters. The van der Waals surface area contributed by atoms with E-state index in [1.807, 2.05) is 16.9 Å². The van der Waals surface area contributed by atoms with Crippen LogP contribution in [0.15, 0.2) is 34.9 Å². The highest BCUT2D eigenvalue weighted by Crippen LogP contribution is 2.28. The maximum absolute atomic E-state index is 12.4. The van der Waals surface area contributed by atoms with Crippen LogP contribution in [0.4, 0.5) is 5.69 Å². The molecule has 2 aromatic rings. The summed E-state index contributed by atoms with van der Waals surface area (Å²) in [5, 5.41) is 10.6. The zero-order valence-electron chi connectivity index (χ0n) is 12.9. The molecule has 1 fully saturated rings. The van der Waals surface area contributed by atoms with Gasteiger partial charge in [-0.1, -0.05) is 15.9 Å². The third-order valence-corrected chi connectivity index (χ3v) is 4.39. The number of aromatic nitrogens is 2. The Bertz CT molecular complexity index is 695. The second-order valence-electron chi connectivity index (χ2n) is 5.48. The lowest BCUT2D eigenvalue weighted by atomic mass is 10.1. The molecule has 0 radical (unpaired) electrons. The SMILES string of the molecule is COc1ccc(Br)cc1NC(=O)c1ccn(C2CCCNC2)n1. The van der Waals surface area contributed by atoms with Gasteiger partial charge in [0.25, 0.3) is 5.91 Å². The van der Waals surface area contributed by atoms with Crippen molar-refractivity contribution in [3.63, 3.8) is 0 Å². The summed E-state index contributed by atoms with van der Waals surface area (Å²) >= 11 is 3.39. The van der Waals surface area contributed by atoms with E-state index in [1.54, 1.807) is 25.3 Å². The second-order valence-corrected chi connectivity index (χ2v) is 6.40. The fraction of sp³-hybridized carbons (Fsp3) is 0.375. The number of rotatable bonds is 4. The third-order valence-electron chi connectivity index (χ3n) is 3.90. The molecule has 0 bridgehead atoms. The molecule has 1 saturated heterocycles. The van der Waals surface area contributed by atoms with Gasteiger partial charge < -0.3 is 15.4 Å². The van der Waals surface area contributed by atoms with E-state index in [4.69, 9.17) is 4.74 Å². The van der Waals surface area contributed by atoms with Gasteiger partial charge in [-0.3, -0.25) is 9.48 Å². The van der Waals surface area contributed by atoms with Crippen molar-refractivity contribution >= 4 is 27.5 Å². The van der Waals surface area contributed by atoms with Crippen LogP contribution in [0.1, 0.15) is 29.4 Å². The number of carbonyl (C=O) groups is 1. The Labute approximate surface area is 143 Å². The maximum atomic E-state index is 12.4. The Hall–Kier alpha value is -1.86. The lowest BCUT2D eigenvalue weighted by Gasteiger charge is -2.22. The van der Waals surface area contributed by atoms with Gasteiger partial charge in [-0.2, -0.15) is 5.10 Å². The number of amides is 1. The van der Waals surface area contributed by atoms with Gasteiger partial charge in [0, 0.05) is 17.2 Å². The minimum absolute atomic E-state index is 0.246. The molecular weight excluding hydrogens is 360 g/mol. The number of piperidine rings is 1. The van der Waals surface area contributed by atoms with Crippen molar-refractivity contribution in [1.82, 2.24) is 15.1 Å². The van der Waals surface area contributed by atoms with Gasteiger partial charge in [0.1, 0.15) is 5.75 Å². The lowest BCUT2D eigenvalue weighted by molar-refractivity contribution is 0.102. The average Bonchev–Trinajstić information content (AvgIpc) is 3.06. The Morgan fingerprint density at radius 1 is 1.48 bits per heavy atom. The highest BCUT2D eigenvalue weighted by atomic mass is 79.9. The monoisotopic (exact) mass is 378 g/mol. The van der Waals surface area contributed by atoms with Crippen molar-refractivity contribution in [2.75, 3.05) is 25.5 Å². The fourth-order valence-electron chi connectivity index (χ4n) is 2.69. The van der Waals surface area contributed by atoms with E-state index in [-0.39, 0.29) is 5.91 Å². The van der Waals surface area contributed by atoms with E-state index < -0.39 is 0 Å². The van der Waals surface area contributed by atoms with Crippen LogP contribution in [0.3, 0.4) is 0 Å². The molecular formula is C16H19BrN4O2. The molecule has 0 aliphatic carbocycles. The van der Waals surface area contributed by atoms with Gasteiger partial charge >= 0.3 is 0 Å². The number of halogens is 1. The normalized spacial score (nSPS) is 17.7. The molecule has 1 aliphatic heterocycles. The van der Waals surface area contributed by atoms with Crippen LogP contribution in [0.2, 0.25) is 0 Å². The summed E-state index contributed by atoms with van der Waals surface area (Å²) in [5.74, 6) is 0.362. The minimum atomic E-state index is -0.246. The maximum Gasteiger partial charge on any atom is 0.276 e. The van der Waals surface area contributed by atoms with Crippen LogP contribution < -0.4 is 15.4 Å². The predicted octanol–water partition coefficient (Wildman–Crippen LogP) is 2.83. The summed E-state index contributed by atoms with van der Waals surface area (Å²) < 4.78 is 8.01. The molecule has 6 nitrogen and oxygen atoms in total. The first-order valence-corrected chi connectivity index (χ1v) is 8.37. The summed E-state index contributed by atoms with van der Waals surface area (Å²) in [7, 11) is 1.57. The second kappa shape index (κ2) is 7.14. The number of hydrogen-bond donors (Lipinski definition) is 2. The molecule has 1 amide bonds. The molecule has 23 heavy (non-hydrogen) atoms. The zero-order chi connectivity index (χ0) is 16.2. The summed E-state index contributed by atoms with van der Waals surface area (Å²) in [6.07, 6.45) is 4.07. The highest BCUT2D eigenvalue weighted by Gasteiger charge is 2.18. The highest BCUT2D eigenvalue weighted by molar-refractivity contribution is 9.10. The van der Waals surface area contributed by atoms with E-state index in [1.165, 1.54) is 0 Å². The van der Waals surface area contributed by atoms with Crippen molar-refractivity contribution in [2.45, 2.75) is 18.9 Å². The molecule has 7 heteroatoms. The number of anilines is 1. The van der Waals surface area contributed by atoms with Crippen molar-refractivity contribution < 1.29 is 9.53 Å². The predicted molar refractivity (Wildman–Crippen MR) is 92.0 cm³/mol. The summed E-state index contributed by atoms with van der Waals surface area (Å²) in [6, 6.07) is 7.52. The van der Waals surface area contributed by atoms with Crippen LogP contribution in [-0.2, 0) is 0 Å². The van der Waals surface area contributed by atoms with E-state index in [0.29, 0.717) is 23.2 Å². The van der Waals surface area contributed by atoms with E-state index >= 15 is 0 Å². The Morgan fingerprint density at radius 3 is 3.09 bits per heavy atom. The smallest absolute Gasteiger partial charge is 0.276 e. The number of benzene rings is 1. The van der Waals surface area contributed by atoms with Crippen LogP contribution in [0.25, 0.3) is 0 Å². The molecule has 3 rings (SSSR count). The number of ether oxygens (including phenoxy) is 1. The number of nitrogens with one attached hydrogen (secondary N) is 2. The first kappa shape index (κ1) is 16.0. The Balaban J connectivity index is 1.73. The quantitative estimate of drug-likeness (QED) is 0.858. The van der Waals surface area contributed by atoms with Gasteiger partial charge in [-0.05, 0) is 43.7 Å². The van der Waals surface area contributed by atoms with Crippen molar-refractivity contribution in [1.29, 1.82) is 0 Å². The fourth-order valence-corrected chi connectivity index (χ4v) is 3.05. The largest absolute Gasteiger partial charge is 0.495 e. The summed E-state index contributed by atoms with van der Waals surface area (Å²) in [6.45, 7) is 1.94. The van der Waals surface area contributed by atoms with E-state index in [2.05, 4.69) is 31.7 Å². The topological polar surface area (TPSA) is 68.2 Å². The Kier molecular flexibility index (Phi) is 4.97. The average molecular weight is 379 g/mol. The van der Waals surface area contributed by atoms with Crippen molar-refractivity contribution in [2.24, 2.45) is 0 Å². The number of nitrogens with zero attached hydrogens (tertiary/aromatic N) is 2. The molecule has 1 atom stereocenters. The van der Waals surface area contributed by atoms with Gasteiger partial charge in [-0.25, -0.2) is 0 Å². The molecule has 0 spiro atoms. The van der Waals surface area contributed by atoms with Crippen LogP contribution >= 0.6 is 15.9 Å². The number of carbonyl (C=O) groups excluding carboxylic acids is 1. The van der Waals surface area contributed by atoms with Crippen LogP contribution in [0.5, 0.6) is 5.75 Å². The molecule has 1 aliphatic rings. The first-order valence-electron chi connectivity index (χ1n) is 7.58. The number of methoxy groups -OCH3 is 1. The molecule has 2 N–H and O–H groups in total. The Morgan fingerprint density at radius 2 is 2.35 bits per heavy atom. The molecule has 122 valence electrons. The van der Waals surface area contributed by atoms with E-state index in [0.717, 1.165) is 30.4 Å². The summed E-state index contributed by atoms with van der Waals surface area (Å²) in [5.41, 5.74) is 1.01.